The fourth-order valence-electron chi connectivity index (χ4n) is 2.67. The maximum Gasteiger partial charge on any atom is 0.306 e. The first-order valence-corrected chi connectivity index (χ1v) is 10.3. The molecular formula is C20H25O3P. The molecule has 0 aliphatic heterocycles. The highest BCUT2D eigenvalue weighted by Crippen LogP contribution is 2.44. The van der Waals surface area contributed by atoms with Crippen LogP contribution in [0.25, 0.3) is 0 Å². The van der Waals surface area contributed by atoms with Crippen LogP contribution in [0.1, 0.15) is 33.1 Å². The molecule has 0 spiro atoms. The van der Waals surface area contributed by atoms with Crippen molar-refractivity contribution in [3.8, 4) is 0 Å². The van der Waals surface area contributed by atoms with E-state index in [1.807, 2.05) is 74.5 Å². The molecule has 0 fully saturated rings. The van der Waals surface area contributed by atoms with E-state index >= 15 is 0 Å². The Kier molecular flexibility index (Phi) is 6.81. The van der Waals surface area contributed by atoms with Gasteiger partial charge in [-0.05, 0) is 26.7 Å². The number of ether oxygens (including phenoxy) is 1. The maximum atomic E-state index is 13.7. The molecule has 0 aliphatic carbocycles. The standard InChI is InChI=1S/C20H25O3P/c1-17(2)23-20(21)15-9-10-16-24(22,18-11-5-3-6-12-18)19-13-7-4-8-14-19/h3-8,11-14,17H,9-10,15-16H2,1-2H3. The third-order valence-electron chi connectivity index (χ3n) is 3.82. The Hall–Kier alpha value is -1.86. The summed E-state index contributed by atoms with van der Waals surface area (Å²) in [6, 6.07) is 19.3. The van der Waals surface area contributed by atoms with Gasteiger partial charge in [-0.15, -0.1) is 0 Å². The van der Waals surface area contributed by atoms with Gasteiger partial charge in [-0.25, -0.2) is 0 Å². The summed E-state index contributed by atoms with van der Waals surface area (Å²) in [7, 11) is -2.66. The van der Waals surface area contributed by atoms with Crippen LogP contribution >= 0.6 is 7.14 Å². The SMILES string of the molecule is CC(C)OC(=O)CCCCP(=O)(c1ccccc1)c1ccccc1. The summed E-state index contributed by atoms with van der Waals surface area (Å²) in [4.78, 5) is 11.6. The third-order valence-corrected chi connectivity index (χ3v) is 7.03. The van der Waals surface area contributed by atoms with Crippen molar-refractivity contribution >= 4 is 23.7 Å². The normalized spacial score (nSPS) is 11.5. The zero-order valence-corrected chi connectivity index (χ0v) is 15.2. The molecule has 0 aliphatic rings. The Labute approximate surface area is 144 Å². The van der Waals surface area contributed by atoms with E-state index in [0.29, 0.717) is 19.0 Å². The molecule has 128 valence electrons. The summed E-state index contributed by atoms with van der Waals surface area (Å²) in [6.07, 6.45) is 2.28. The number of carbonyl (C=O) groups is 1. The largest absolute Gasteiger partial charge is 0.463 e. The predicted octanol–water partition coefficient (Wildman–Crippen LogP) is 4.12. The molecular weight excluding hydrogens is 319 g/mol. The molecule has 2 rings (SSSR count). The monoisotopic (exact) mass is 344 g/mol. The first-order chi connectivity index (χ1) is 11.5. The van der Waals surface area contributed by atoms with Gasteiger partial charge in [0, 0.05) is 23.2 Å². The van der Waals surface area contributed by atoms with Gasteiger partial charge in [-0.2, -0.15) is 0 Å². The fraction of sp³-hybridized carbons (Fsp3) is 0.350. The summed E-state index contributed by atoms with van der Waals surface area (Å²) in [5.74, 6) is -0.181. The van der Waals surface area contributed by atoms with Crippen LogP contribution in [0.5, 0.6) is 0 Å². The van der Waals surface area contributed by atoms with Gasteiger partial charge in [0.1, 0.15) is 7.14 Å². The Bertz CT molecular complexity index is 637. The zero-order chi connectivity index (χ0) is 17.4. The van der Waals surface area contributed by atoms with E-state index in [2.05, 4.69) is 0 Å². The average molecular weight is 344 g/mol. The highest BCUT2D eigenvalue weighted by Gasteiger charge is 2.26. The first-order valence-electron chi connectivity index (χ1n) is 8.42. The lowest BCUT2D eigenvalue weighted by atomic mass is 10.2. The number of hydrogen-bond acceptors (Lipinski definition) is 3. The molecule has 2 aromatic rings. The van der Waals surface area contributed by atoms with E-state index in [1.165, 1.54) is 0 Å². The van der Waals surface area contributed by atoms with Crippen LogP contribution in [0.4, 0.5) is 0 Å². The van der Waals surface area contributed by atoms with Crippen molar-refractivity contribution in [1.29, 1.82) is 0 Å². The lowest BCUT2D eigenvalue weighted by molar-refractivity contribution is -0.147. The summed E-state index contributed by atoms with van der Waals surface area (Å²) < 4.78 is 18.9. The number of esters is 1. The van der Waals surface area contributed by atoms with Gasteiger partial charge >= 0.3 is 5.97 Å². The lowest BCUT2D eigenvalue weighted by Gasteiger charge is -2.19. The molecule has 0 unspecified atom stereocenters. The average Bonchev–Trinajstić information content (AvgIpc) is 2.59. The van der Waals surface area contributed by atoms with Crippen molar-refractivity contribution in [2.75, 3.05) is 6.16 Å². The smallest absolute Gasteiger partial charge is 0.306 e. The minimum absolute atomic E-state index is 0.0859. The van der Waals surface area contributed by atoms with E-state index in [-0.39, 0.29) is 12.1 Å². The highest BCUT2D eigenvalue weighted by molar-refractivity contribution is 7.78. The maximum absolute atomic E-state index is 13.7. The Morgan fingerprint density at radius 3 is 1.88 bits per heavy atom. The minimum atomic E-state index is -2.66. The highest BCUT2D eigenvalue weighted by atomic mass is 31.2. The first kappa shape index (κ1) is 18.5. The molecule has 0 amide bonds. The number of unbranched alkanes of at least 4 members (excludes halogenated alkanes) is 1. The Balaban J connectivity index is 2.06. The van der Waals surface area contributed by atoms with Gasteiger partial charge in [0.25, 0.3) is 0 Å². The minimum Gasteiger partial charge on any atom is -0.463 e. The molecule has 0 saturated heterocycles. The number of carbonyl (C=O) groups excluding carboxylic acids is 1. The molecule has 2 aromatic carbocycles. The van der Waals surface area contributed by atoms with Gasteiger partial charge in [-0.3, -0.25) is 4.79 Å². The lowest BCUT2D eigenvalue weighted by Crippen LogP contribution is -2.18. The third kappa shape index (κ3) is 5.07. The van der Waals surface area contributed by atoms with Crippen molar-refractivity contribution < 1.29 is 14.1 Å². The molecule has 0 aromatic heterocycles. The molecule has 3 nitrogen and oxygen atoms in total. The van der Waals surface area contributed by atoms with Crippen molar-refractivity contribution in [2.24, 2.45) is 0 Å². The van der Waals surface area contributed by atoms with Crippen LogP contribution in [0, 0.1) is 0 Å². The van der Waals surface area contributed by atoms with E-state index in [4.69, 9.17) is 4.74 Å². The molecule has 0 heterocycles. The van der Waals surface area contributed by atoms with Crippen LogP contribution in [-0.2, 0) is 14.1 Å². The van der Waals surface area contributed by atoms with Crippen LogP contribution < -0.4 is 10.6 Å². The Morgan fingerprint density at radius 1 is 0.917 bits per heavy atom. The van der Waals surface area contributed by atoms with Gasteiger partial charge in [-0.1, -0.05) is 60.7 Å². The second-order valence-corrected chi connectivity index (χ2v) is 9.09. The summed E-state index contributed by atoms with van der Waals surface area (Å²) in [5.41, 5.74) is 0. The summed E-state index contributed by atoms with van der Waals surface area (Å²) in [6.45, 7) is 3.69. The van der Waals surface area contributed by atoms with Crippen molar-refractivity contribution in [1.82, 2.24) is 0 Å². The molecule has 0 N–H and O–H groups in total. The van der Waals surface area contributed by atoms with Gasteiger partial charge in [0.2, 0.25) is 0 Å². The molecule has 24 heavy (non-hydrogen) atoms. The van der Waals surface area contributed by atoms with Crippen molar-refractivity contribution in [2.45, 2.75) is 39.2 Å². The van der Waals surface area contributed by atoms with Crippen LogP contribution in [0.2, 0.25) is 0 Å². The van der Waals surface area contributed by atoms with E-state index in [1.54, 1.807) is 0 Å². The topological polar surface area (TPSA) is 43.4 Å². The Morgan fingerprint density at radius 2 is 1.42 bits per heavy atom. The molecule has 0 saturated carbocycles. The van der Waals surface area contributed by atoms with Gasteiger partial charge in [0.15, 0.2) is 0 Å². The van der Waals surface area contributed by atoms with Crippen LogP contribution in [0.15, 0.2) is 60.7 Å². The van der Waals surface area contributed by atoms with Crippen LogP contribution in [-0.4, -0.2) is 18.2 Å². The second kappa shape index (κ2) is 8.84. The molecule has 4 heteroatoms. The molecule has 0 radical (unpaired) electrons. The number of hydrogen-bond donors (Lipinski definition) is 0. The quantitative estimate of drug-likeness (QED) is 0.411. The van der Waals surface area contributed by atoms with Crippen molar-refractivity contribution in [3.05, 3.63) is 60.7 Å². The predicted molar refractivity (Wildman–Crippen MR) is 99.7 cm³/mol. The van der Waals surface area contributed by atoms with Gasteiger partial charge < -0.3 is 9.30 Å². The summed E-state index contributed by atoms with van der Waals surface area (Å²) >= 11 is 0. The van der Waals surface area contributed by atoms with E-state index in [9.17, 15) is 9.36 Å². The second-order valence-electron chi connectivity index (χ2n) is 6.13. The van der Waals surface area contributed by atoms with Gasteiger partial charge in [0.05, 0.1) is 6.10 Å². The molecule has 0 atom stereocenters. The fourth-order valence-corrected chi connectivity index (χ4v) is 5.46. The summed E-state index contributed by atoms with van der Waals surface area (Å²) in [5, 5.41) is 1.75. The molecule has 0 bridgehead atoms. The number of benzene rings is 2. The number of rotatable bonds is 8. The van der Waals surface area contributed by atoms with Crippen molar-refractivity contribution in [3.63, 3.8) is 0 Å². The van der Waals surface area contributed by atoms with Crippen LogP contribution in [0.3, 0.4) is 0 Å². The zero-order valence-electron chi connectivity index (χ0n) is 14.4. The van der Waals surface area contributed by atoms with E-state index < -0.39 is 7.14 Å². The van der Waals surface area contributed by atoms with E-state index in [0.717, 1.165) is 17.0 Å².